The van der Waals surface area contributed by atoms with Gasteiger partial charge in [0.15, 0.2) is 0 Å². The summed E-state index contributed by atoms with van der Waals surface area (Å²) in [5.41, 5.74) is 0.557. The number of pyridine rings is 1. The fraction of sp³-hybridized carbons (Fsp3) is 0.529. The molecule has 3 heterocycles. The van der Waals surface area contributed by atoms with E-state index in [0.29, 0.717) is 11.8 Å². The van der Waals surface area contributed by atoms with Crippen molar-refractivity contribution in [3.05, 3.63) is 30.2 Å². The van der Waals surface area contributed by atoms with Gasteiger partial charge in [0.05, 0.1) is 22.3 Å². The van der Waals surface area contributed by atoms with Crippen LogP contribution in [0.25, 0.3) is 5.52 Å². The minimum absolute atomic E-state index is 0.171. The zero-order valence-electron chi connectivity index (χ0n) is 13.7. The zero-order chi connectivity index (χ0) is 16.2. The largest absolute Gasteiger partial charge is 0.344 e. The number of hydrogen-bond acceptors (Lipinski definition) is 4. The molecule has 2 aromatic heterocycles. The Morgan fingerprint density at radius 2 is 2.13 bits per heavy atom. The molecule has 0 aromatic carbocycles. The Labute approximate surface area is 140 Å². The lowest BCUT2D eigenvalue weighted by molar-refractivity contribution is -0.124. The van der Waals surface area contributed by atoms with Crippen molar-refractivity contribution < 1.29 is 4.79 Å². The molecule has 5 nitrogen and oxygen atoms in total. The predicted octanol–water partition coefficient (Wildman–Crippen LogP) is 1.87. The monoisotopic (exact) mass is 330 g/mol. The van der Waals surface area contributed by atoms with Crippen molar-refractivity contribution >= 4 is 23.2 Å². The number of aromatic nitrogens is 2. The average molecular weight is 330 g/mol. The number of imidazole rings is 1. The Balaban J connectivity index is 1.62. The van der Waals surface area contributed by atoms with Crippen LogP contribution < -0.4 is 10.6 Å². The fourth-order valence-corrected chi connectivity index (χ4v) is 4.46. The topological polar surface area (TPSA) is 58.4 Å². The Morgan fingerprint density at radius 3 is 2.83 bits per heavy atom. The van der Waals surface area contributed by atoms with Crippen molar-refractivity contribution in [3.63, 3.8) is 0 Å². The van der Waals surface area contributed by atoms with E-state index in [4.69, 9.17) is 0 Å². The molecule has 1 unspecified atom stereocenters. The standard InChI is InChI=1S/C17H22N4OS/c1-17(2,20-15(22)14-11-8-18-9-12(11)14)16-19-7-10-5-4-6-13(23-3)21(10)16/h4-7,11-12,14,18H,8-9H2,1-3H3,(H,20,22)/t11-,12?,14+/m0/s1. The summed E-state index contributed by atoms with van der Waals surface area (Å²) in [6, 6.07) is 6.17. The molecule has 2 aromatic rings. The summed E-state index contributed by atoms with van der Waals surface area (Å²) in [5.74, 6) is 2.30. The van der Waals surface area contributed by atoms with Gasteiger partial charge in [-0.2, -0.15) is 0 Å². The lowest BCUT2D eigenvalue weighted by atomic mass is 10.0. The maximum absolute atomic E-state index is 12.6. The summed E-state index contributed by atoms with van der Waals surface area (Å²) in [7, 11) is 0. The van der Waals surface area contributed by atoms with E-state index >= 15 is 0 Å². The maximum Gasteiger partial charge on any atom is 0.224 e. The summed E-state index contributed by atoms with van der Waals surface area (Å²) < 4.78 is 2.14. The molecule has 0 spiro atoms. The second kappa shape index (κ2) is 5.24. The second-order valence-electron chi connectivity index (χ2n) is 7.04. The van der Waals surface area contributed by atoms with Gasteiger partial charge in [-0.25, -0.2) is 4.98 Å². The van der Waals surface area contributed by atoms with E-state index < -0.39 is 5.54 Å². The zero-order valence-corrected chi connectivity index (χ0v) is 14.5. The van der Waals surface area contributed by atoms with E-state index in [-0.39, 0.29) is 11.8 Å². The van der Waals surface area contributed by atoms with Crippen molar-refractivity contribution in [1.29, 1.82) is 0 Å². The van der Waals surface area contributed by atoms with Crippen molar-refractivity contribution in [2.75, 3.05) is 19.3 Å². The van der Waals surface area contributed by atoms with Gasteiger partial charge in [-0.1, -0.05) is 6.07 Å². The van der Waals surface area contributed by atoms with Gasteiger partial charge in [-0.15, -0.1) is 11.8 Å². The van der Waals surface area contributed by atoms with Crippen LogP contribution in [0.15, 0.2) is 29.4 Å². The molecule has 2 fully saturated rings. The van der Waals surface area contributed by atoms with E-state index in [9.17, 15) is 4.79 Å². The molecule has 1 saturated heterocycles. The van der Waals surface area contributed by atoms with Crippen molar-refractivity contribution in [3.8, 4) is 0 Å². The molecular weight excluding hydrogens is 308 g/mol. The lowest BCUT2D eigenvalue weighted by Gasteiger charge is -2.26. The highest BCUT2D eigenvalue weighted by molar-refractivity contribution is 7.98. The number of hydrogen-bond donors (Lipinski definition) is 2. The van der Waals surface area contributed by atoms with Gasteiger partial charge in [-0.3, -0.25) is 9.20 Å². The third kappa shape index (κ3) is 2.35. The van der Waals surface area contributed by atoms with Crippen LogP contribution in [-0.2, 0) is 10.3 Å². The highest BCUT2D eigenvalue weighted by Gasteiger charge is 2.57. The molecule has 3 atom stereocenters. The van der Waals surface area contributed by atoms with E-state index in [0.717, 1.165) is 29.5 Å². The first kappa shape index (κ1) is 15.0. The van der Waals surface area contributed by atoms with Crippen LogP contribution in [-0.4, -0.2) is 34.6 Å². The molecule has 2 aliphatic rings. The number of carbonyl (C=O) groups is 1. The van der Waals surface area contributed by atoms with E-state index in [1.54, 1.807) is 11.8 Å². The highest BCUT2D eigenvalue weighted by atomic mass is 32.2. The first-order valence-electron chi connectivity index (χ1n) is 8.06. The first-order valence-corrected chi connectivity index (χ1v) is 9.29. The van der Waals surface area contributed by atoms with E-state index in [1.807, 2.05) is 32.2 Å². The molecular formula is C17H22N4OS. The maximum atomic E-state index is 12.6. The summed E-state index contributed by atoms with van der Waals surface area (Å²) >= 11 is 1.69. The molecule has 6 heteroatoms. The molecule has 0 radical (unpaired) electrons. The number of amides is 1. The summed E-state index contributed by atoms with van der Waals surface area (Å²) in [5, 5.41) is 7.70. The lowest BCUT2D eigenvalue weighted by Crippen LogP contribution is -2.44. The number of nitrogens with one attached hydrogen (secondary N) is 2. The minimum atomic E-state index is -0.500. The molecule has 122 valence electrons. The first-order chi connectivity index (χ1) is 11.0. The van der Waals surface area contributed by atoms with E-state index in [2.05, 4.69) is 32.3 Å². The molecule has 1 aliphatic carbocycles. The van der Waals surface area contributed by atoms with Gasteiger partial charge in [-0.05, 0) is 57.2 Å². The van der Waals surface area contributed by atoms with E-state index in [1.165, 1.54) is 0 Å². The number of thioether (sulfide) groups is 1. The van der Waals surface area contributed by atoms with Gasteiger partial charge in [0.2, 0.25) is 5.91 Å². The third-order valence-electron chi connectivity index (χ3n) is 5.11. The van der Waals surface area contributed by atoms with Crippen LogP contribution in [0.5, 0.6) is 0 Å². The SMILES string of the molecule is CSc1cccc2cnc(C(C)(C)NC(=O)[C@H]3C4CNC[C@@H]43)n12. The van der Waals surface area contributed by atoms with Gasteiger partial charge in [0, 0.05) is 5.92 Å². The quantitative estimate of drug-likeness (QED) is 0.841. The average Bonchev–Trinajstić information content (AvgIpc) is 2.91. The summed E-state index contributed by atoms with van der Waals surface area (Å²) in [6.07, 6.45) is 3.93. The molecule has 2 N–H and O–H groups in total. The molecule has 0 bridgehead atoms. The number of rotatable bonds is 4. The van der Waals surface area contributed by atoms with Crippen LogP contribution >= 0.6 is 11.8 Å². The van der Waals surface area contributed by atoms with Gasteiger partial charge in [0.25, 0.3) is 0 Å². The third-order valence-corrected chi connectivity index (χ3v) is 5.85. The molecule has 1 saturated carbocycles. The van der Waals surface area contributed by atoms with Gasteiger partial charge in [0.1, 0.15) is 5.82 Å². The molecule has 23 heavy (non-hydrogen) atoms. The smallest absolute Gasteiger partial charge is 0.224 e. The van der Waals surface area contributed by atoms with Crippen LogP contribution in [0.3, 0.4) is 0 Å². The second-order valence-corrected chi connectivity index (χ2v) is 7.86. The van der Waals surface area contributed by atoms with Crippen LogP contribution in [0.1, 0.15) is 19.7 Å². The van der Waals surface area contributed by atoms with Crippen molar-refractivity contribution in [2.24, 2.45) is 17.8 Å². The van der Waals surface area contributed by atoms with Gasteiger partial charge >= 0.3 is 0 Å². The summed E-state index contributed by atoms with van der Waals surface area (Å²) in [4.78, 5) is 17.2. The van der Waals surface area contributed by atoms with Crippen LogP contribution in [0.4, 0.5) is 0 Å². The number of piperidine rings is 1. The fourth-order valence-electron chi connectivity index (χ4n) is 3.87. The van der Waals surface area contributed by atoms with Crippen LogP contribution in [0.2, 0.25) is 0 Å². The minimum Gasteiger partial charge on any atom is -0.344 e. The Hall–Kier alpha value is -1.53. The normalized spacial score (nSPS) is 26.3. The van der Waals surface area contributed by atoms with Crippen LogP contribution in [0, 0.1) is 17.8 Å². The highest BCUT2D eigenvalue weighted by Crippen LogP contribution is 2.49. The number of nitrogens with zero attached hydrogens (tertiary/aromatic N) is 2. The number of fused-ring (bicyclic) bond motifs is 2. The predicted molar refractivity (Wildman–Crippen MR) is 91.5 cm³/mol. The Kier molecular flexibility index (Phi) is 3.43. The molecule has 1 aliphatic heterocycles. The van der Waals surface area contributed by atoms with Crippen molar-refractivity contribution in [2.45, 2.75) is 24.4 Å². The summed E-state index contributed by atoms with van der Waals surface area (Å²) in [6.45, 7) is 6.03. The number of carbonyl (C=O) groups excluding carboxylic acids is 1. The molecule has 4 rings (SSSR count). The molecule has 1 amide bonds. The van der Waals surface area contributed by atoms with Crippen molar-refractivity contribution in [1.82, 2.24) is 20.0 Å². The Bertz CT molecular complexity index is 759. The van der Waals surface area contributed by atoms with Gasteiger partial charge < -0.3 is 10.6 Å². The Morgan fingerprint density at radius 1 is 1.39 bits per heavy atom.